The molecular weight excluding hydrogens is 253 g/mol. The molecule has 112 valence electrons. The van der Waals surface area contributed by atoms with Crippen molar-refractivity contribution in [3.05, 3.63) is 0 Å². The highest BCUT2D eigenvalue weighted by molar-refractivity contribution is 4.83. The Morgan fingerprint density at radius 3 is 2.47 bits per heavy atom. The fourth-order valence-electron chi connectivity index (χ4n) is 3.32. The highest BCUT2D eigenvalue weighted by Gasteiger charge is 2.42. The number of rotatable bonds is 4. The second-order valence-corrected chi connectivity index (χ2v) is 6.10. The maximum atomic E-state index is 12.7. The van der Waals surface area contributed by atoms with Crippen LogP contribution in [0.1, 0.15) is 45.4 Å². The van der Waals surface area contributed by atoms with Crippen molar-refractivity contribution in [2.75, 3.05) is 19.6 Å². The van der Waals surface area contributed by atoms with Crippen LogP contribution in [0.3, 0.4) is 0 Å². The Morgan fingerprint density at radius 1 is 1.16 bits per heavy atom. The summed E-state index contributed by atoms with van der Waals surface area (Å²) in [6.07, 6.45) is 0.646. The maximum Gasteiger partial charge on any atom is 0.391 e. The first-order valence-electron chi connectivity index (χ1n) is 7.51. The standard InChI is InChI=1S/C14H25F3N2/c1-11(19-7-2-3-8-19)10-18-13-6-4-5-12(9-13)14(15,16)17/h11-13,18H,2-10H2,1H3. The first kappa shape index (κ1) is 15.1. The van der Waals surface area contributed by atoms with Crippen LogP contribution in [-0.2, 0) is 0 Å². The molecule has 1 heterocycles. The number of hydrogen-bond acceptors (Lipinski definition) is 2. The predicted molar refractivity (Wildman–Crippen MR) is 70.1 cm³/mol. The molecule has 3 atom stereocenters. The number of nitrogens with one attached hydrogen (secondary N) is 1. The van der Waals surface area contributed by atoms with Gasteiger partial charge < -0.3 is 5.32 Å². The third-order valence-electron chi connectivity index (χ3n) is 4.60. The molecule has 0 bridgehead atoms. The molecule has 0 radical (unpaired) electrons. The van der Waals surface area contributed by atoms with Crippen LogP contribution in [0.4, 0.5) is 13.2 Å². The molecular formula is C14H25F3N2. The maximum absolute atomic E-state index is 12.7. The molecule has 19 heavy (non-hydrogen) atoms. The molecule has 5 heteroatoms. The Labute approximate surface area is 113 Å². The summed E-state index contributed by atoms with van der Waals surface area (Å²) in [5.41, 5.74) is 0. The Hall–Kier alpha value is -0.290. The monoisotopic (exact) mass is 278 g/mol. The van der Waals surface area contributed by atoms with E-state index in [4.69, 9.17) is 0 Å². The van der Waals surface area contributed by atoms with Gasteiger partial charge in [0.2, 0.25) is 0 Å². The number of halogens is 3. The zero-order valence-electron chi connectivity index (χ0n) is 11.7. The molecule has 1 aliphatic carbocycles. The molecule has 1 saturated carbocycles. The molecule has 2 aliphatic rings. The Balaban J connectivity index is 1.73. The van der Waals surface area contributed by atoms with Crippen LogP contribution < -0.4 is 5.32 Å². The van der Waals surface area contributed by atoms with Gasteiger partial charge in [-0.1, -0.05) is 6.42 Å². The third kappa shape index (κ3) is 4.35. The van der Waals surface area contributed by atoms with E-state index in [0.29, 0.717) is 18.9 Å². The Kier molecular flexibility index (Phi) is 5.12. The first-order chi connectivity index (χ1) is 8.97. The van der Waals surface area contributed by atoms with Crippen molar-refractivity contribution in [2.45, 2.75) is 63.7 Å². The van der Waals surface area contributed by atoms with Crippen LogP contribution in [0.2, 0.25) is 0 Å². The van der Waals surface area contributed by atoms with Crippen molar-refractivity contribution in [1.82, 2.24) is 10.2 Å². The van der Waals surface area contributed by atoms with Gasteiger partial charge in [0, 0.05) is 18.6 Å². The van der Waals surface area contributed by atoms with Gasteiger partial charge in [-0.2, -0.15) is 13.2 Å². The zero-order valence-corrected chi connectivity index (χ0v) is 11.7. The highest BCUT2D eigenvalue weighted by atomic mass is 19.4. The lowest BCUT2D eigenvalue weighted by atomic mass is 9.85. The molecule has 2 rings (SSSR count). The van der Waals surface area contributed by atoms with Crippen molar-refractivity contribution >= 4 is 0 Å². The summed E-state index contributed by atoms with van der Waals surface area (Å²) >= 11 is 0. The molecule has 1 N–H and O–H groups in total. The van der Waals surface area contributed by atoms with Gasteiger partial charge in [-0.05, 0) is 52.1 Å². The van der Waals surface area contributed by atoms with Crippen LogP contribution in [0.15, 0.2) is 0 Å². The van der Waals surface area contributed by atoms with Gasteiger partial charge in [-0.25, -0.2) is 0 Å². The number of alkyl halides is 3. The predicted octanol–water partition coefficient (Wildman–Crippen LogP) is 3.18. The van der Waals surface area contributed by atoms with E-state index in [9.17, 15) is 13.2 Å². The van der Waals surface area contributed by atoms with E-state index >= 15 is 0 Å². The molecule has 0 aromatic carbocycles. The summed E-state index contributed by atoms with van der Waals surface area (Å²) < 4.78 is 38.2. The largest absolute Gasteiger partial charge is 0.391 e. The number of nitrogens with zero attached hydrogens (tertiary/aromatic N) is 1. The summed E-state index contributed by atoms with van der Waals surface area (Å²) in [5, 5.41) is 3.36. The Bertz CT molecular complexity index is 274. The normalized spacial score (nSPS) is 31.6. The number of likely N-dealkylation sites (tertiary alicyclic amines) is 1. The average molecular weight is 278 g/mol. The van der Waals surface area contributed by atoms with Gasteiger partial charge in [0.25, 0.3) is 0 Å². The average Bonchev–Trinajstić information content (AvgIpc) is 2.89. The lowest BCUT2D eigenvalue weighted by Gasteiger charge is -2.33. The molecule has 0 aromatic rings. The van der Waals surface area contributed by atoms with Crippen LogP contribution in [0.5, 0.6) is 0 Å². The Morgan fingerprint density at radius 2 is 1.84 bits per heavy atom. The van der Waals surface area contributed by atoms with Crippen LogP contribution in [0, 0.1) is 5.92 Å². The highest BCUT2D eigenvalue weighted by Crippen LogP contribution is 2.37. The van der Waals surface area contributed by atoms with E-state index in [1.807, 2.05) is 0 Å². The molecule has 2 nitrogen and oxygen atoms in total. The van der Waals surface area contributed by atoms with Gasteiger partial charge in [0.15, 0.2) is 0 Å². The molecule has 0 amide bonds. The van der Waals surface area contributed by atoms with Gasteiger partial charge in [-0.3, -0.25) is 4.90 Å². The lowest BCUT2D eigenvalue weighted by molar-refractivity contribution is -0.183. The smallest absolute Gasteiger partial charge is 0.312 e. The minimum atomic E-state index is -4.01. The SMILES string of the molecule is CC(CNC1CCCC(C(F)(F)F)C1)N1CCCC1. The van der Waals surface area contributed by atoms with E-state index in [2.05, 4.69) is 17.1 Å². The van der Waals surface area contributed by atoms with E-state index in [-0.39, 0.29) is 12.5 Å². The van der Waals surface area contributed by atoms with Gasteiger partial charge in [0.1, 0.15) is 0 Å². The molecule has 0 spiro atoms. The van der Waals surface area contributed by atoms with Crippen LogP contribution in [-0.4, -0.2) is 42.8 Å². The van der Waals surface area contributed by atoms with Gasteiger partial charge in [0.05, 0.1) is 5.92 Å². The van der Waals surface area contributed by atoms with Crippen molar-refractivity contribution in [3.63, 3.8) is 0 Å². The van der Waals surface area contributed by atoms with E-state index < -0.39 is 12.1 Å². The molecule has 2 fully saturated rings. The summed E-state index contributed by atoms with van der Waals surface area (Å²) in [6.45, 7) is 5.26. The first-order valence-corrected chi connectivity index (χ1v) is 7.51. The quantitative estimate of drug-likeness (QED) is 0.849. The second kappa shape index (κ2) is 6.44. The summed E-state index contributed by atoms with van der Waals surface area (Å²) in [4.78, 5) is 2.43. The van der Waals surface area contributed by atoms with Crippen LogP contribution >= 0.6 is 0 Å². The summed E-state index contributed by atoms with van der Waals surface area (Å²) in [5.74, 6) is -1.10. The lowest BCUT2D eigenvalue weighted by Crippen LogP contribution is -2.45. The molecule has 1 saturated heterocycles. The van der Waals surface area contributed by atoms with Crippen molar-refractivity contribution < 1.29 is 13.2 Å². The summed E-state index contributed by atoms with van der Waals surface area (Å²) in [7, 11) is 0. The summed E-state index contributed by atoms with van der Waals surface area (Å²) in [6, 6.07) is 0.485. The fraction of sp³-hybridized carbons (Fsp3) is 1.00. The fourth-order valence-corrected chi connectivity index (χ4v) is 3.32. The molecule has 3 unspecified atom stereocenters. The topological polar surface area (TPSA) is 15.3 Å². The molecule has 1 aliphatic heterocycles. The van der Waals surface area contributed by atoms with Gasteiger partial charge in [-0.15, -0.1) is 0 Å². The zero-order chi connectivity index (χ0) is 13.9. The van der Waals surface area contributed by atoms with Gasteiger partial charge >= 0.3 is 6.18 Å². The minimum absolute atomic E-state index is 0.0467. The van der Waals surface area contributed by atoms with Crippen molar-refractivity contribution in [1.29, 1.82) is 0 Å². The van der Waals surface area contributed by atoms with Crippen molar-refractivity contribution in [3.8, 4) is 0 Å². The third-order valence-corrected chi connectivity index (χ3v) is 4.60. The van der Waals surface area contributed by atoms with Crippen molar-refractivity contribution in [2.24, 2.45) is 5.92 Å². The number of hydrogen-bond donors (Lipinski definition) is 1. The van der Waals surface area contributed by atoms with Crippen LogP contribution in [0.25, 0.3) is 0 Å². The molecule has 0 aromatic heterocycles. The second-order valence-electron chi connectivity index (χ2n) is 6.10. The van der Waals surface area contributed by atoms with E-state index in [1.54, 1.807) is 0 Å². The van der Waals surface area contributed by atoms with E-state index in [1.165, 1.54) is 12.8 Å². The van der Waals surface area contributed by atoms with E-state index in [0.717, 1.165) is 26.1 Å². The minimum Gasteiger partial charge on any atom is -0.312 e.